The highest BCUT2D eigenvalue weighted by molar-refractivity contribution is 6.19. The summed E-state index contributed by atoms with van der Waals surface area (Å²) in [5, 5.41) is 7.48. The van der Waals surface area contributed by atoms with Crippen molar-refractivity contribution in [1.29, 1.82) is 0 Å². The van der Waals surface area contributed by atoms with Crippen molar-refractivity contribution >= 4 is 60.4 Å². The molecule has 0 aliphatic heterocycles. The molecule has 244 valence electrons. The molecule has 9 aromatic carbocycles. The molecule has 2 nitrogen and oxygen atoms in total. The summed E-state index contributed by atoms with van der Waals surface area (Å²) in [6.07, 6.45) is 0. The second kappa shape index (κ2) is 12.5. The molecule has 2 heteroatoms. The van der Waals surface area contributed by atoms with Gasteiger partial charge in [-0.2, -0.15) is 0 Å². The normalized spacial score (nSPS) is 11.5. The smallest absolute Gasteiger partial charge is 0.0619 e. The number of fused-ring (bicyclic) bond motifs is 6. The molecule has 0 spiro atoms. The zero-order chi connectivity index (χ0) is 34.4. The summed E-state index contributed by atoms with van der Waals surface area (Å²) in [6.45, 7) is 0. The lowest BCUT2D eigenvalue weighted by molar-refractivity contribution is 1.18. The minimum atomic E-state index is 1.10. The molecule has 0 radical (unpaired) electrons. The third kappa shape index (κ3) is 5.04. The average molecular weight is 663 g/mol. The van der Waals surface area contributed by atoms with Crippen LogP contribution in [-0.2, 0) is 0 Å². The standard InChI is InChI=1S/C50H34N2/c1-3-13-35(14-4-1)39-18-11-21-42(33-39)51(41-28-25-38(26-29-41)45-24-12-17-36-15-7-9-22-44(36)45)43-30-32-47-48-31-27-37-16-8-10-23-46(37)50(48)52(49(47)34-43)40-19-5-2-6-20-40/h1-34H. The number of aromatic nitrogens is 1. The minimum Gasteiger partial charge on any atom is -0.310 e. The van der Waals surface area contributed by atoms with Crippen molar-refractivity contribution in [3.05, 3.63) is 206 Å². The Balaban J connectivity index is 1.20. The van der Waals surface area contributed by atoms with E-state index in [0.29, 0.717) is 0 Å². The first kappa shape index (κ1) is 30.0. The molecule has 0 bridgehead atoms. The van der Waals surface area contributed by atoms with E-state index in [9.17, 15) is 0 Å². The Morgan fingerprint density at radius 2 is 0.923 bits per heavy atom. The van der Waals surface area contributed by atoms with E-state index in [4.69, 9.17) is 0 Å². The van der Waals surface area contributed by atoms with Crippen LogP contribution in [0.4, 0.5) is 17.1 Å². The number of benzene rings is 9. The summed E-state index contributed by atoms with van der Waals surface area (Å²) in [4.78, 5) is 2.39. The third-order valence-electron chi connectivity index (χ3n) is 10.3. The van der Waals surface area contributed by atoms with Crippen LogP contribution in [-0.4, -0.2) is 4.57 Å². The second-order valence-corrected chi connectivity index (χ2v) is 13.4. The fourth-order valence-electron chi connectivity index (χ4n) is 7.92. The van der Waals surface area contributed by atoms with Gasteiger partial charge in [-0.3, -0.25) is 0 Å². The van der Waals surface area contributed by atoms with Crippen LogP contribution in [0.1, 0.15) is 0 Å². The van der Waals surface area contributed by atoms with Crippen molar-refractivity contribution in [2.24, 2.45) is 0 Å². The van der Waals surface area contributed by atoms with E-state index < -0.39 is 0 Å². The maximum Gasteiger partial charge on any atom is 0.0619 e. The molecule has 0 N–H and O–H groups in total. The number of para-hydroxylation sites is 1. The molecule has 10 aromatic rings. The number of rotatable bonds is 6. The van der Waals surface area contributed by atoms with Crippen LogP contribution in [0.25, 0.3) is 71.3 Å². The van der Waals surface area contributed by atoms with Gasteiger partial charge in [0.2, 0.25) is 0 Å². The first-order valence-electron chi connectivity index (χ1n) is 17.9. The van der Waals surface area contributed by atoms with Crippen molar-refractivity contribution in [2.45, 2.75) is 0 Å². The molecule has 1 heterocycles. The second-order valence-electron chi connectivity index (χ2n) is 13.4. The van der Waals surface area contributed by atoms with Gasteiger partial charge in [0.05, 0.1) is 11.0 Å². The average Bonchev–Trinajstić information content (AvgIpc) is 3.56. The van der Waals surface area contributed by atoms with Gasteiger partial charge in [-0.05, 0) is 86.9 Å². The molecular weight excluding hydrogens is 629 g/mol. The predicted octanol–water partition coefficient (Wildman–Crippen LogP) is 13.9. The highest BCUT2D eigenvalue weighted by Gasteiger charge is 2.19. The van der Waals surface area contributed by atoms with E-state index >= 15 is 0 Å². The van der Waals surface area contributed by atoms with E-state index in [2.05, 4.69) is 216 Å². The lowest BCUT2D eigenvalue weighted by atomic mass is 9.98. The molecule has 0 saturated heterocycles. The molecule has 52 heavy (non-hydrogen) atoms. The van der Waals surface area contributed by atoms with Crippen molar-refractivity contribution in [2.75, 3.05) is 4.90 Å². The molecule has 0 atom stereocenters. The molecule has 0 saturated carbocycles. The summed E-state index contributed by atoms with van der Waals surface area (Å²) in [7, 11) is 0. The quantitative estimate of drug-likeness (QED) is 0.172. The number of hydrogen-bond acceptors (Lipinski definition) is 1. The van der Waals surface area contributed by atoms with E-state index in [-0.39, 0.29) is 0 Å². The summed E-state index contributed by atoms with van der Waals surface area (Å²) in [5.41, 5.74) is 11.7. The minimum absolute atomic E-state index is 1.10. The van der Waals surface area contributed by atoms with E-state index in [1.54, 1.807) is 0 Å². The van der Waals surface area contributed by atoms with Crippen LogP contribution >= 0.6 is 0 Å². The summed E-state index contributed by atoms with van der Waals surface area (Å²) in [5.74, 6) is 0. The monoisotopic (exact) mass is 662 g/mol. The fourth-order valence-corrected chi connectivity index (χ4v) is 7.92. The van der Waals surface area contributed by atoms with Crippen LogP contribution in [0.15, 0.2) is 206 Å². The molecule has 0 fully saturated rings. The number of hydrogen-bond donors (Lipinski definition) is 0. The molecular formula is C50H34N2. The molecule has 1 aromatic heterocycles. The van der Waals surface area contributed by atoms with Gasteiger partial charge in [0, 0.05) is 38.9 Å². The lowest BCUT2D eigenvalue weighted by Gasteiger charge is -2.26. The van der Waals surface area contributed by atoms with Gasteiger partial charge in [0.1, 0.15) is 0 Å². The Kier molecular flexibility index (Phi) is 7.18. The zero-order valence-electron chi connectivity index (χ0n) is 28.5. The van der Waals surface area contributed by atoms with Crippen LogP contribution < -0.4 is 4.90 Å². The third-order valence-corrected chi connectivity index (χ3v) is 10.3. The molecule has 0 aliphatic rings. The Labute approximate surface area is 303 Å². The summed E-state index contributed by atoms with van der Waals surface area (Å²) >= 11 is 0. The Morgan fingerprint density at radius 3 is 1.73 bits per heavy atom. The molecule has 0 unspecified atom stereocenters. The van der Waals surface area contributed by atoms with Gasteiger partial charge in [0.15, 0.2) is 0 Å². The number of anilines is 3. The zero-order valence-corrected chi connectivity index (χ0v) is 28.5. The van der Waals surface area contributed by atoms with E-state index in [1.165, 1.54) is 65.6 Å². The Hall–Kier alpha value is -6.90. The van der Waals surface area contributed by atoms with Crippen LogP contribution in [0.5, 0.6) is 0 Å². The Morgan fingerprint density at radius 1 is 0.327 bits per heavy atom. The van der Waals surface area contributed by atoms with Crippen molar-refractivity contribution in [3.8, 4) is 27.9 Å². The first-order chi connectivity index (χ1) is 25.8. The van der Waals surface area contributed by atoms with Crippen LogP contribution in [0, 0.1) is 0 Å². The topological polar surface area (TPSA) is 8.17 Å². The van der Waals surface area contributed by atoms with E-state index in [1.807, 2.05) is 0 Å². The fraction of sp³-hybridized carbons (Fsp3) is 0. The van der Waals surface area contributed by atoms with Crippen molar-refractivity contribution in [1.82, 2.24) is 4.57 Å². The van der Waals surface area contributed by atoms with Gasteiger partial charge in [-0.1, -0.05) is 158 Å². The van der Waals surface area contributed by atoms with Gasteiger partial charge >= 0.3 is 0 Å². The van der Waals surface area contributed by atoms with Crippen LogP contribution in [0.3, 0.4) is 0 Å². The maximum atomic E-state index is 2.44. The van der Waals surface area contributed by atoms with Gasteiger partial charge in [-0.25, -0.2) is 0 Å². The number of nitrogens with zero attached hydrogens (tertiary/aromatic N) is 2. The Bertz CT molecular complexity index is 2880. The highest BCUT2D eigenvalue weighted by Crippen LogP contribution is 2.42. The van der Waals surface area contributed by atoms with Crippen molar-refractivity contribution in [3.63, 3.8) is 0 Å². The van der Waals surface area contributed by atoms with Gasteiger partial charge < -0.3 is 9.47 Å². The SMILES string of the molecule is c1ccc(-c2cccc(N(c3ccc(-c4cccc5ccccc45)cc3)c3ccc4c5ccc6ccccc6c5n(-c5ccccc5)c4c3)c2)cc1. The molecule has 0 amide bonds. The highest BCUT2D eigenvalue weighted by atomic mass is 15.1. The first-order valence-corrected chi connectivity index (χ1v) is 17.9. The van der Waals surface area contributed by atoms with Gasteiger partial charge in [0.25, 0.3) is 0 Å². The molecule has 10 rings (SSSR count). The predicted molar refractivity (Wildman–Crippen MR) is 221 cm³/mol. The summed E-state index contributed by atoms with van der Waals surface area (Å²) < 4.78 is 2.44. The van der Waals surface area contributed by atoms with Crippen molar-refractivity contribution < 1.29 is 0 Å². The van der Waals surface area contributed by atoms with Crippen LogP contribution in [0.2, 0.25) is 0 Å². The molecule has 0 aliphatic carbocycles. The lowest BCUT2D eigenvalue weighted by Crippen LogP contribution is -2.10. The van der Waals surface area contributed by atoms with Gasteiger partial charge in [-0.15, -0.1) is 0 Å². The largest absolute Gasteiger partial charge is 0.310 e. The van der Waals surface area contributed by atoms with E-state index in [0.717, 1.165) is 22.7 Å². The summed E-state index contributed by atoms with van der Waals surface area (Å²) in [6, 6.07) is 74.7. The maximum absolute atomic E-state index is 2.44.